The van der Waals surface area contributed by atoms with Gasteiger partial charge in [-0.3, -0.25) is 4.79 Å². The molecule has 22 heavy (non-hydrogen) atoms. The van der Waals surface area contributed by atoms with Gasteiger partial charge in [-0.05, 0) is 30.7 Å². The number of piperidine rings is 1. The molecule has 0 radical (unpaired) electrons. The minimum absolute atomic E-state index is 0.0744. The summed E-state index contributed by atoms with van der Waals surface area (Å²) in [6.07, 6.45) is 0.618. The van der Waals surface area contributed by atoms with Crippen LogP contribution in [-0.2, 0) is 4.79 Å². The molecular formula is C18H17NO3. The molecule has 2 bridgehead atoms. The van der Waals surface area contributed by atoms with E-state index >= 15 is 0 Å². The van der Waals surface area contributed by atoms with Crippen LogP contribution in [0.5, 0.6) is 5.75 Å². The van der Waals surface area contributed by atoms with E-state index in [9.17, 15) is 9.90 Å². The van der Waals surface area contributed by atoms with Gasteiger partial charge in [0.25, 0.3) is 5.91 Å². The standard InChI is InChI=1S/C18H17NO3/c1-10(20)15-13-9-18(2,19-17(15)21)22-14-8-7-11-5-3-4-6-12(11)16(13)14/h3-8,13,20H,9H2,1-2H3,(H,19,21). The number of nitrogens with one attached hydrogen (secondary N) is 1. The number of fused-ring (bicyclic) bond motifs is 6. The Labute approximate surface area is 128 Å². The number of hydrogen-bond acceptors (Lipinski definition) is 3. The molecule has 2 aromatic carbocycles. The number of benzene rings is 2. The van der Waals surface area contributed by atoms with Crippen molar-refractivity contribution >= 4 is 16.7 Å². The molecule has 2 aliphatic heterocycles. The second kappa shape index (κ2) is 4.26. The van der Waals surface area contributed by atoms with Crippen molar-refractivity contribution < 1.29 is 14.6 Å². The molecule has 2 N–H and O–H groups in total. The van der Waals surface area contributed by atoms with Crippen LogP contribution in [0.25, 0.3) is 10.8 Å². The highest BCUT2D eigenvalue weighted by Gasteiger charge is 2.47. The fourth-order valence-electron chi connectivity index (χ4n) is 3.71. The number of aliphatic hydroxyl groups is 1. The Balaban J connectivity index is 2.05. The Bertz CT molecular complexity index is 835. The summed E-state index contributed by atoms with van der Waals surface area (Å²) in [6, 6.07) is 12.0. The summed E-state index contributed by atoms with van der Waals surface area (Å²) >= 11 is 0. The van der Waals surface area contributed by atoms with Crippen molar-refractivity contribution in [1.29, 1.82) is 0 Å². The van der Waals surface area contributed by atoms with Gasteiger partial charge in [0.2, 0.25) is 0 Å². The van der Waals surface area contributed by atoms with E-state index < -0.39 is 5.72 Å². The lowest BCUT2D eigenvalue weighted by Crippen LogP contribution is -2.58. The molecule has 4 rings (SSSR count). The predicted molar refractivity (Wildman–Crippen MR) is 83.8 cm³/mol. The Morgan fingerprint density at radius 2 is 2.09 bits per heavy atom. The first-order valence-corrected chi connectivity index (χ1v) is 7.41. The van der Waals surface area contributed by atoms with Gasteiger partial charge in [0, 0.05) is 17.9 Å². The van der Waals surface area contributed by atoms with Gasteiger partial charge in [-0.15, -0.1) is 0 Å². The molecule has 112 valence electrons. The zero-order valence-electron chi connectivity index (χ0n) is 12.5. The largest absolute Gasteiger partial charge is 0.512 e. The summed E-state index contributed by atoms with van der Waals surface area (Å²) in [7, 11) is 0. The van der Waals surface area contributed by atoms with Crippen LogP contribution in [0.15, 0.2) is 47.7 Å². The van der Waals surface area contributed by atoms with E-state index in [1.54, 1.807) is 6.92 Å². The molecule has 2 aliphatic rings. The van der Waals surface area contributed by atoms with Crippen molar-refractivity contribution in [2.24, 2.45) is 0 Å². The Kier molecular flexibility index (Phi) is 2.55. The van der Waals surface area contributed by atoms with Gasteiger partial charge in [0.1, 0.15) is 5.75 Å². The van der Waals surface area contributed by atoms with Crippen molar-refractivity contribution in [1.82, 2.24) is 5.32 Å². The maximum absolute atomic E-state index is 12.4. The quantitative estimate of drug-likeness (QED) is 0.578. The number of carbonyl (C=O) groups is 1. The Morgan fingerprint density at radius 3 is 2.86 bits per heavy atom. The molecule has 2 unspecified atom stereocenters. The second-order valence-corrected chi connectivity index (χ2v) is 6.24. The molecule has 1 saturated heterocycles. The van der Waals surface area contributed by atoms with Crippen molar-refractivity contribution in [3.8, 4) is 5.75 Å². The number of hydrogen-bond donors (Lipinski definition) is 2. The van der Waals surface area contributed by atoms with E-state index in [2.05, 4.69) is 5.32 Å². The molecule has 2 aromatic rings. The van der Waals surface area contributed by atoms with Crippen LogP contribution in [0.4, 0.5) is 0 Å². The Morgan fingerprint density at radius 1 is 1.32 bits per heavy atom. The van der Waals surface area contributed by atoms with Gasteiger partial charge in [-0.2, -0.15) is 0 Å². The molecule has 2 atom stereocenters. The topological polar surface area (TPSA) is 58.6 Å². The van der Waals surface area contributed by atoms with Crippen LogP contribution in [0.2, 0.25) is 0 Å². The molecular weight excluding hydrogens is 278 g/mol. The molecule has 1 fully saturated rings. The summed E-state index contributed by atoms with van der Waals surface area (Å²) in [6.45, 7) is 3.44. The van der Waals surface area contributed by atoms with Gasteiger partial charge < -0.3 is 15.2 Å². The lowest BCUT2D eigenvalue weighted by Gasteiger charge is -2.45. The van der Waals surface area contributed by atoms with E-state index in [1.807, 2.05) is 43.3 Å². The van der Waals surface area contributed by atoms with Crippen LogP contribution in [-0.4, -0.2) is 16.7 Å². The molecule has 0 aromatic heterocycles. The summed E-state index contributed by atoms with van der Waals surface area (Å²) in [5.74, 6) is 0.442. The second-order valence-electron chi connectivity index (χ2n) is 6.24. The van der Waals surface area contributed by atoms with Crippen LogP contribution >= 0.6 is 0 Å². The third-order valence-corrected chi connectivity index (χ3v) is 4.57. The predicted octanol–water partition coefficient (Wildman–Crippen LogP) is 3.38. The van der Waals surface area contributed by atoms with Gasteiger partial charge >= 0.3 is 0 Å². The number of rotatable bonds is 0. The van der Waals surface area contributed by atoms with Crippen molar-refractivity contribution in [3.05, 3.63) is 53.3 Å². The maximum Gasteiger partial charge on any atom is 0.254 e. The summed E-state index contributed by atoms with van der Waals surface area (Å²) in [5, 5.41) is 15.1. The molecule has 2 heterocycles. The first-order valence-electron chi connectivity index (χ1n) is 7.41. The zero-order chi connectivity index (χ0) is 15.5. The van der Waals surface area contributed by atoms with E-state index in [4.69, 9.17) is 4.74 Å². The smallest absolute Gasteiger partial charge is 0.254 e. The van der Waals surface area contributed by atoms with Crippen LogP contribution in [0.3, 0.4) is 0 Å². The molecule has 4 heteroatoms. The molecule has 0 spiro atoms. The SMILES string of the molecule is CC(O)=C1C(=O)NC2(C)CC1c1c(ccc3ccccc13)O2. The molecule has 4 nitrogen and oxygen atoms in total. The summed E-state index contributed by atoms with van der Waals surface area (Å²) < 4.78 is 6.06. The summed E-state index contributed by atoms with van der Waals surface area (Å²) in [4.78, 5) is 12.4. The average molecular weight is 295 g/mol. The summed E-state index contributed by atoms with van der Waals surface area (Å²) in [5.41, 5.74) is 0.711. The fraction of sp³-hybridized carbons (Fsp3) is 0.278. The van der Waals surface area contributed by atoms with Crippen LogP contribution < -0.4 is 10.1 Å². The first kappa shape index (κ1) is 13.2. The monoisotopic (exact) mass is 295 g/mol. The first-order chi connectivity index (χ1) is 10.5. The normalized spacial score (nSPS) is 28.6. The van der Waals surface area contributed by atoms with Crippen molar-refractivity contribution in [2.45, 2.75) is 31.9 Å². The lowest BCUT2D eigenvalue weighted by molar-refractivity contribution is -0.127. The van der Waals surface area contributed by atoms with Crippen molar-refractivity contribution in [3.63, 3.8) is 0 Å². The highest BCUT2D eigenvalue weighted by Crippen LogP contribution is 2.49. The van der Waals surface area contributed by atoms with Gasteiger partial charge in [-0.1, -0.05) is 30.3 Å². The van der Waals surface area contributed by atoms with E-state index in [-0.39, 0.29) is 17.6 Å². The Hall–Kier alpha value is -2.49. The highest BCUT2D eigenvalue weighted by molar-refractivity contribution is 5.99. The molecule has 0 aliphatic carbocycles. The maximum atomic E-state index is 12.4. The van der Waals surface area contributed by atoms with Crippen molar-refractivity contribution in [2.75, 3.05) is 0 Å². The van der Waals surface area contributed by atoms with Crippen LogP contribution in [0, 0.1) is 0 Å². The van der Waals surface area contributed by atoms with Gasteiger partial charge in [0.15, 0.2) is 5.72 Å². The van der Waals surface area contributed by atoms with Gasteiger partial charge in [-0.25, -0.2) is 0 Å². The number of aliphatic hydroxyl groups excluding tert-OH is 1. The van der Waals surface area contributed by atoms with Gasteiger partial charge in [0.05, 0.1) is 11.3 Å². The van der Waals surface area contributed by atoms with E-state index in [0.717, 1.165) is 22.1 Å². The number of amides is 1. The highest BCUT2D eigenvalue weighted by atomic mass is 16.5. The minimum Gasteiger partial charge on any atom is -0.512 e. The zero-order valence-corrected chi connectivity index (χ0v) is 12.5. The number of carbonyl (C=O) groups excluding carboxylic acids is 1. The van der Waals surface area contributed by atoms with E-state index in [1.165, 1.54) is 0 Å². The fourth-order valence-corrected chi connectivity index (χ4v) is 3.71. The lowest BCUT2D eigenvalue weighted by atomic mass is 9.76. The third kappa shape index (κ3) is 1.73. The minimum atomic E-state index is -0.726. The molecule has 0 saturated carbocycles. The number of ether oxygens (including phenoxy) is 1. The average Bonchev–Trinajstić information content (AvgIpc) is 2.44. The number of allylic oxidation sites excluding steroid dienone is 1. The molecule has 1 amide bonds. The van der Waals surface area contributed by atoms with Crippen LogP contribution in [0.1, 0.15) is 31.7 Å². The third-order valence-electron chi connectivity index (χ3n) is 4.57. The van der Waals surface area contributed by atoms with E-state index in [0.29, 0.717) is 12.0 Å².